The maximum absolute atomic E-state index is 4.52. The van der Waals surface area contributed by atoms with Crippen LogP contribution in [-0.2, 0) is 6.54 Å². The summed E-state index contributed by atoms with van der Waals surface area (Å²) in [6.07, 6.45) is 3.07. The molecule has 1 unspecified atom stereocenters. The SMILES string of the molecule is CCCNC(CSCC)c1c(Br)cnn1CCN(C)C. The fourth-order valence-corrected chi connectivity index (χ4v) is 3.30. The van der Waals surface area contributed by atoms with E-state index in [1.165, 1.54) is 5.69 Å². The lowest BCUT2D eigenvalue weighted by Gasteiger charge is -2.21. The number of nitrogens with one attached hydrogen (secondary N) is 1. The molecule has 1 rings (SSSR count). The second-order valence-electron chi connectivity index (χ2n) is 5.07. The summed E-state index contributed by atoms with van der Waals surface area (Å²) in [5, 5.41) is 8.17. The average molecular weight is 363 g/mol. The van der Waals surface area contributed by atoms with E-state index in [0.29, 0.717) is 6.04 Å². The summed E-state index contributed by atoms with van der Waals surface area (Å²) >= 11 is 5.63. The highest BCUT2D eigenvalue weighted by Crippen LogP contribution is 2.26. The van der Waals surface area contributed by atoms with E-state index < -0.39 is 0 Å². The molecule has 6 heteroatoms. The van der Waals surface area contributed by atoms with Crippen molar-refractivity contribution in [3.8, 4) is 0 Å². The van der Waals surface area contributed by atoms with Crippen LogP contribution in [0, 0.1) is 0 Å². The predicted octanol–water partition coefficient (Wildman–Crippen LogP) is 3.00. The molecule has 0 bridgehead atoms. The topological polar surface area (TPSA) is 33.1 Å². The van der Waals surface area contributed by atoms with Crippen molar-refractivity contribution in [1.29, 1.82) is 0 Å². The number of hydrogen-bond donors (Lipinski definition) is 1. The zero-order valence-electron chi connectivity index (χ0n) is 13.0. The van der Waals surface area contributed by atoms with Gasteiger partial charge in [0.15, 0.2) is 0 Å². The van der Waals surface area contributed by atoms with Crippen LogP contribution in [0.5, 0.6) is 0 Å². The summed E-state index contributed by atoms with van der Waals surface area (Å²) in [7, 11) is 4.19. The van der Waals surface area contributed by atoms with E-state index in [-0.39, 0.29) is 0 Å². The molecule has 0 aromatic carbocycles. The number of halogens is 1. The Labute approximate surface area is 135 Å². The highest BCUT2D eigenvalue weighted by Gasteiger charge is 2.19. The predicted molar refractivity (Wildman–Crippen MR) is 92.5 cm³/mol. The van der Waals surface area contributed by atoms with Gasteiger partial charge in [-0.25, -0.2) is 0 Å². The van der Waals surface area contributed by atoms with Crippen LogP contribution < -0.4 is 5.32 Å². The lowest BCUT2D eigenvalue weighted by atomic mass is 10.2. The van der Waals surface area contributed by atoms with E-state index in [9.17, 15) is 0 Å². The molecule has 1 atom stereocenters. The molecule has 116 valence electrons. The molecule has 0 fully saturated rings. The number of thioether (sulfide) groups is 1. The Balaban J connectivity index is 2.83. The van der Waals surface area contributed by atoms with E-state index in [1.54, 1.807) is 0 Å². The van der Waals surface area contributed by atoms with Crippen molar-refractivity contribution in [2.75, 3.05) is 38.7 Å². The van der Waals surface area contributed by atoms with Crippen LogP contribution in [0.3, 0.4) is 0 Å². The monoisotopic (exact) mass is 362 g/mol. The van der Waals surface area contributed by atoms with Gasteiger partial charge in [0.05, 0.1) is 29.0 Å². The molecule has 1 aromatic rings. The summed E-state index contributed by atoms with van der Waals surface area (Å²) in [5.74, 6) is 2.23. The van der Waals surface area contributed by atoms with Gasteiger partial charge in [0, 0.05) is 12.3 Å². The quantitative estimate of drug-likeness (QED) is 0.693. The molecule has 1 heterocycles. The summed E-state index contributed by atoms with van der Waals surface area (Å²) in [5.41, 5.74) is 1.28. The Hall–Kier alpha value is -0.0400. The number of likely N-dealkylation sites (N-methyl/N-ethyl adjacent to an activating group) is 1. The largest absolute Gasteiger partial charge is 0.308 e. The molecule has 0 aliphatic rings. The van der Waals surface area contributed by atoms with Crippen molar-refractivity contribution >= 4 is 27.7 Å². The third-order valence-corrected chi connectivity index (χ3v) is 4.64. The highest BCUT2D eigenvalue weighted by atomic mass is 79.9. The maximum atomic E-state index is 4.52. The normalized spacial score (nSPS) is 13.1. The smallest absolute Gasteiger partial charge is 0.0704 e. The van der Waals surface area contributed by atoms with Gasteiger partial charge >= 0.3 is 0 Å². The van der Waals surface area contributed by atoms with E-state index >= 15 is 0 Å². The van der Waals surface area contributed by atoms with E-state index in [1.807, 2.05) is 18.0 Å². The van der Waals surface area contributed by atoms with E-state index in [0.717, 1.165) is 42.0 Å². The third-order valence-electron chi connectivity index (χ3n) is 3.05. The maximum Gasteiger partial charge on any atom is 0.0704 e. The van der Waals surface area contributed by atoms with Crippen molar-refractivity contribution in [1.82, 2.24) is 20.0 Å². The van der Waals surface area contributed by atoms with Gasteiger partial charge < -0.3 is 10.2 Å². The molecule has 20 heavy (non-hydrogen) atoms. The first-order valence-electron chi connectivity index (χ1n) is 7.27. The van der Waals surface area contributed by atoms with Crippen molar-refractivity contribution in [2.24, 2.45) is 0 Å². The minimum Gasteiger partial charge on any atom is -0.308 e. The first kappa shape index (κ1) is 18.0. The Morgan fingerprint density at radius 2 is 2.20 bits per heavy atom. The molecule has 1 aromatic heterocycles. The van der Waals surface area contributed by atoms with Crippen LogP contribution >= 0.6 is 27.7 Å². The minimum atomic E-state index is 0.360. The van der Waals surface area contributed by atoms with Crippen LogP contribution in [0.4, 0.5) is 0 Å². The third kappa shape index (κ3) is 5.76. The van der Waals surface area contributed by atoms with Crippen LogP contribution in [-0.4, -0.2) is 53.4 Å². The molecule has 0 saturated carbocycles. The number of aromatic nitrogens is 2. The van der Waals surface area contributed by atoms with Crippen LogP contribution in [0.15, 0.2) is 10.7 Å². The zero-order chi connectivity index (χ0) is 15.0. The summed E-state index contributed by atoms with van der Waals surface area (Å²) in [4.78, 5) is 2.19. The second-order valence-corrected chi connectivity index (χ2v) is 7.24. The second kappa shape index (κ2) is 9.82. The first-order chi connectivity index (χ1) is 9.60. The molecule has 0 radical (unpaired) electrons. The Bertz CT molecular complexity index is 373. The minimum absolute atomic E-state index is 0.360. The average Bonchev–Trinajstić information content (AvgIpc) is 2.78. The Morgan fingerprint density at radius 3 is 2.80 bits per heavy atom. The van der Waals surface area contributed by atoms with Gasteiger partial charge in [0.2, 0.25) is 0 Å². The van der Waals surface area contributed by atoms with Crippen molar-refractivity contribution in [3.63, 3.8) is 0 Å². The lowest BCUT2D eigenvalue weighted by Crippen LogP contribution is -2.29. The first-order valence-corrected chi connectivity index (χ1v) is 9.21. The summed E-state index contributed by atoms with van der Waals surface area (Å²) in [6, 6.07) is 0.360. The standard InChI is InChI=1S/C14H27BrN4S/c1-5-7-16-13(11-20-6-2)14-12(15)10-17-19(14)9-8-18(3)4/h10,13,16H,5-9,11H2,1-4H3. The highest BCUT2D eigenvalue weighted by molar-refractivity contribution is 9.10. The molecule has 0 aliphatic carbocycles. The molecular weight excluding hydrogens is 336 g/mol. The molecule has 1 N–H and O–H groups in total. The van der Waals surface area contributed by atoms with Gasteiger partial charge in [-0.05, 0) is 48.7 Å². The Morgan fingerprint density at radius 1 is 1.45 bits per heavy atom. The van der Waals surface area contributed by atoms with Crippen molar-refractivity contribution < 1.29 is 0 Å². The molecule has 0 spiro atoms. The molecule has 4 nitrogen and oxygen atoms in total. The lowest BCUT2D eigenvalue weighted by molar-refractivity contribution is 0.364. The van der Waals surface area contributed by atoms with Gasteiger partial charge in [-0.3, -0.25) is 4.68 Å². The number of rotatable bonds is 10. The van der Waals surface area contributed by atoms with Gasteiger partial charge in [-0.15, -0.1) is 0 Å². The van der Waals surface area contributed by atoms with Crippen molar-refractivity contribution in [2.45, 2.75) is 32.9 Å². The van der Waals surface area contributed by atoms with Crippen molar-refractivity contribution in [3.05, 3.63) is 16.4 Å². The Kier molecular flexibility index (Phi) is 8.84. The van der Waals surface area contributed by atoms with Gasteiger partial charge in [-0.1, -0.05) is 13.8 Å². The summed E-state index contributed by atoms with van der Waals surface area (Å²) < 4.78 is 3.25. The van der Waals surface area contributed by atoms with Gasteiger partial charge in [0.25, 0.3) is 0 Å². The van der Waals surface area contributed by atoms with Gasteiger partial charge in [-0.2, -0.15) is 16.9 Å². The van der Waals surface area contributed by atoms with E-state index in [4.69, 9.17) is 0 Å². The van der Waals surface area contributed by atoms with Gasteiger partial charge in [0.1, 0.15) is 0 Å². The molecule has 0 saturated heterocycles. The number of hydrogen-bond acceptors (Lipinski definition) is 4. The zero-order valence-corrected chi connectivity index (χ0v) is 15.4. The molecule has 0 amide bonds. The van der Waals surface area contributed by atoms with Crippen LogP contribution in [0.25, 0.3) is 0 Å². The van der Waals surface area contributed by atoms with Crippen LogP contribution in [0.2, 0.25) is 0 Å². The van der Waals surface area contributed by atoms with Crippen LogP contribution in [0.1, 0.15) is 32.0 Å². The molecular formula is C14H27BrN4S. The summed E-state index contributed by atoms with van der Waals surface area (Å²) in [6.45, 7) is 7.38. The molecule has 0 aliphatic heterocycles. The fourth-order valence-electron chi connectivity index (χ4n) is 1.98. The van der Waals surface area contributed by atoms with E-state index in [2.05, 4.69) is 63.9 Å². The fraction of sp³-hybridized carbons (Fsp3) is 0.786. The number of nitrogens with zero attached hydrogens (tertiary/aromatic N) is 3.